The molecule has 0 radical (unpaired) electrons. The molecule has 9 heteroatoms. The molecule has 1 saturated heterocycles. The van der Waals surface area contributed by atoms with Gasteiger partial charge in [0.2, 0.25) is 0 Å². The van der Waals surface area contributed by atoms with Gasteiger partial charge in [0.1, 0.15) is 30.5 Å². The number of ether oxygens (including phenoxy) is 4. The van der Waals surface area contributed by atoms with Gasteiger partial charge in [0.25, 0.3) is 0 Å². The summed E-state index contributed by atoms with van der Waals surface area (Å²) in [7, 11) is 0. The van der Waals surface area contributed by atoms with Crippen molar-refractivity contribution in [3.63, 3.8) is 0 Å². The molecule has 310 valence electrons. The molecule has 1 heterocycles. The first-order chi connectivity index (χ1) is 26.4. The lowest BCUT2D eigenvalue weighted by atomic mass is 9.99. The van der Waals surface area contributed by atoms with E-state index in [0.29, 0.717) is 13.0 Å². The SMILES string of the molecule is CC/C=C\C/C=C\C/C=C\CCCCCCCCCC(=O)OC(COCCCCCC/C=C\C/C=C\C/C=C\CC)COC1OC(CO)C(O)C(O)C1O. The number of aliphatic hydroxyl groups excluding tert-OH is 4. The average molecular weight is 761 g/mol. The fourth-order valence-corrected chi connectivity index (χ4v) is 5.87. The lowest BCUT2D eigenvalue weighted by Crippen LogP contribution is -2.59. The third-order valence-electron chi connectivity index (χ3n) is 9.12. The summed E-state index contributed by atoms with van der Waals surface area (Å²) in [6.07, 6.45) is 39.2. The second-order valence-electron chi connectivity index (χ2n) is 14.0. The molecule has 0 aliphatic carbocycles. The smallest absolute Gasteiger partial charge is 0.306 e. The Kier molecular flexibility index (Phi) is 33.4. The molecule has 1 rings (SSSR count). The number of hydrogen-bond donors (Lipinski definition) is 4. The predicted octanol–water partition coefficient (Wildman–Crippen LogP) is 8.91. The van der Waals surface area contributed by atoms with Crippen LogP contribution in [0.15, 0.2) is 72.9 Å². The third kappa shape index (κ3) is 27.2. The predicted molar refractivity (Wildman–Crippen MR) is 219 cm³/mol. The van der Waals surface area contributed by atoms with Crippen LogP contribution in [0.2, 0.25) is 0 Å². The van der Waals surface area contributed by atoms with Crippen LogP contribution >= 0.6 is 0 Å². The van der Waals surface area contributed by atoms with Gasteiger partial charge < -0.3 is 39.4 Å². The summed E-state index contributed by atoms with van der Waals surface area (Å²) in [6.45, 7) is 4.25. The first-order valence-corrected chi connectivity index (χ1v) is 21.0. The zero-order chi connectivity index (χ0) is 39.3. The van der Waals surface area contributed by atoms with E-state index in [-0.39, 0.29) is 19.2 Å². The van der Waals surface area contributed by atoms with Crippen LogP contribution in [-0.4, -0.2) is 89.6 Å². The molecule has 1 aliphatic heterocycles. The number of carbonyl (C=O) groups is 1. The Morgan fingerprint density at radius 3 is 1.61 bits per heavy atom. The molecule has 0 aromatic rings. The molecule has 9 nitrogen and oxygen atoms in total. The van der Waals surface area contributed by atoms with Crippen molar-refractivity contribution in [2.24, 2.45) is 0 Å². The Balaban J connectivity index is 2.32. The molecule has 0 aromatic carbocycles. The number of esters is 1. The van der Waals surface area contributed by atoms with Crippen LogP contribution in [0.5, 0.6) is 0 Å². The maximum absolute atomic E-state index is 12.7. The lowest BCUT2D eigenvalue weighted by Gasteiger charge is -2.39. The third-order valence-corrected chi connectivity index (χ3v) is 9.12. The Morgan fingerprint density at radius 1 is 0.593 bits per heavy atom. The van der Waals surface area contributed by atoms with Crippen LogP contribution in [0.25, 0.3) is 0 Å². The molecule has 54 heavy (non-hydrogen) atoms. The van der Waals surface area contributed by atoms with Crippen LogP contribution < -0.4 is 0 Å². The van der Waals surface area contributed by atoms with Gasteiger partial charge >= 0.3 is 5.97 Å². The van der Waals surface area contributed by atoms with Crippen molar-refractivity contribution in [1.82, 2.24) is 0 Å². The highest BCUT2D eigenvalue weighted by molar-refractivity contribution is 5.69. The number of hydrogen-bond acceptors (Lipinski definition) is 9. The Hall–Kier alpha value is -2.37. The molecule has 4 N–H and O–H groups in total. The van der Waals surface area contributed by atoms with Gasteiger partial charge in [0.05, 0.1) is 19.8 Å². The van der Waals surface area contributed by atoms with Crippen molar-refractivity contribution in [3.05, 3.63) is 72.9 Å². The molecule has 0 aromatic heterocycles. The summed E-state index contributed by atoms with van der Waals surface area (Å²) in [5, 5.41) is 40.0. The van der Waals surface area contributed by atoms with Crippen molar-refractivity contribution >= 4 is 5.97 Å². The molecule has 6 atom stereocenters. The van der Waals surface area contributed by atoms with Gasteiger partial charge in [-0.3, -0.25) is 4.79 Å². The van der Waals surface area contributed by atoms with Gasteiger partial charge in [0, 0.05) is 13.0 Å². The minimum atomic E-state index is -1.55. The van der Waals surface area contributed by atoms with Gasteiger partial charge in [-0.25, -0.2) is 0 Å². The van der Waals surface area contributed by atoms with Gasteiger partial charge in [-0.2, -0.15) is 0 Å². The first-order valence-electron chi connectivity index (χ1n) is 21.0. The summed E-state index contributed by atoms with van der Waals surface area (Å²) >= 11 is 0. The molecule has 1 fully saturated rings. The van der Waals surface area contributed by atoms with Gasteiger partial charge in [-0.05, 0) is 77.0 Å². The van der Waals surface area contributed by atoms with E-state index in [1.54, 1.807) is 0 Å². The Labute approximate surface area is 327 Å². The van der Waals surface area contributed by atoms with E-state index in [0.717, 1.165) is 103 Å². The number of unbranched alkanes of at least 4 members (excludes halogenated alkanes) is 11. The second kappa shape index (κ2) is 36.3. The molecule has 0 spiro atoms. The van der Waals surface area contributed by atoms with E-state index in [1.807, 2.05) is 0 Å². The highest BCUT2D eigenvalue weighted by Crippen LogP contribution is 2.22. The van der Waals surface area contributed by atoms with Crippen molar-refractivity contribution < 1.29 is 44.2 Å². The van der Waals surface area contributed by atoms with Crippen molar-refractivity contribution in [2.45, 2.75) is 179 Å². The molecular weight excluding hydrogens is 684 g/mol. The van der Waals surface area contributed by atoms with E-state index in [2.05, 4.69) is 86.8 Å². The fourth-order valence-electron chi connectivity index (χ4n) is 5.87. The van der Waals surface area contributed by atoms with Crippen LogP contribution in [0, 0.1) is 0 Å². The van der Waals surface area contributed by atoms with E-state index < -0.39 is 43.4 Å². The van der Waals surface area contributed by atoms with Crippen molar-refractivity contribution in [2.75, 3.05) is 26.4 Å². The average Bonchev–Trinajstić information content (AvgIpc) is 3.17. The molecule has 0 bridgehead atoms. The quantitative estimate of drug-likeness (QED) is 0.0288. The number of carbonyl (C=O) groups excluding carboxylic acids is 1. The van der Waals surface area contributed by atoms with E-state index in [4.69, 9.17) is 18.9 Å². The molecule has 0 amide bonds. The Bertz CT molecular complexity index is 1050. The molecular formula is C45H76O9. The monoisotopic (exact) mass is 761 g/mol. The number of allylic oxidation sites excluding steroid dienone is 12. The zero-order valence-corrected chi connectivity index (χ0v) is 33.7. The van der Waals surface area contributed by atoms with Gasteiger partial charge in [-0.15, -0.1) is 0 Å². The summed E-state index contributed by atoms with van der Waals surface area (Å²) in [4.78, 5) is 12.7. The summed E-state index contributed by atoms with van der Waals surface area (Å²) in [5.41, 5.74) is 0. The van der Waals surface area contributed by atoms with Crippen molar-refractivity contribution in [1.29, 1.82) is 0 Å². The largest absolute Gasteiger partial charge is 0.457 e. The Morgan fingerprint density at radius 2 is 1.07 bits per heavy atom. The minimum Gasteiger partial charge on any atom is -0.457 e. The first kappa shape index (κ1) is 49.6. The fraction of sp³-hybridized carbons (Fsp3) is 0.711. The summed E-state index contributed by atoms with van der Waals surface area (Å²) < 4.78 is 22.7. The van der Waals surface area contributed by atoms with Crippen molar-refractivity contribution in [3.8, 4) is 0 Å². The maximum atomic E-state index is 12.7. The van der Waals surface area contributed by atoms with E-state index in [1.165, 1.54) is 19.3 Å². The summed E-state index contributed by atoms with van der Waals surface area (Å²) in [6, 6.07) is 0. The highest BCUT2D eigenvalue weighted by atomic mass is 16.7. The lowest BCUT2D eigenvalue weighted by molar-refractivity contribution is -0.305. The van der Waals surface area contributed by atoms with Crippen LogP contribution in [0.4, 0.5) is 0 Å². The highest BCUT2D eigenvalue weighted by Gasteiger charge is 2.44. The standard InChI is InChI=1S/C45H76O9/c1-3-5-7-9-11-13-15-17-19-20-21-22-24-26-28-30-32-34-41(47)53-39(38-52-45-44(50)43(49)42(48)40(36-46)54-45)37-51-35-33-31-29-27-25-23-18-16-14-12-10-8-6-4-2/h5-8,11-14,17-19,23,39-40,42-46,48-50H,3-4,9-10,15-16,20-22,24-38H2,1-2H3/b7-5-,8-6-,13-11-,14-12-,19-17-,23-18-. The normalized spacial score (nSPS) is 21.6. The summed E-state index contributed by atoms with van der Waals surface area (Å²) in [5.74, 6) is -0.336. The van der Waals surface area contributed by atoms with Gasteiger partial charge in [0.15, 0.2) is 6.29 Å². The molecule has 6 unspecified atom stereocenters. The zero-order valence-electron chi connectivity index (χ0n) is 33.7. The minimum absolute atomic E-state index is 0.121. The molecule has 1 aliphatic rings. The van der Waals surface area contributed by atoms with Crippen LogP contribution in [-0.2, 0) is 23.7 Å². The van der Waals surface area contributed by atoms with E-state index in [9.17, 15) is 25.2 Å². The second-order valence-corrected chi connectivity index (χ2v) is 14.0. The van der Waals surface area contributed by atoms with Gasteiger partial charge in [-0.1, -0.05) is 132 Å². The topological polar surface area (TPSA) is 135 Å². The maximum Gasteiger partial charge on any atom is 0.306 e. The van der Waals surface area contributed by atoms with E-state index >= 15 is 0 Å². The molecule has 0 saturated carbocycles. The number of aliphatic hydroxyl groups is 4. The number of rotatable bonds is 34. The van der Waals surface area contributed by atoms with Crippen LogP contribution in [0.1, 0.15) is 142 Å². The van der Waals surface area contributed by atoms with Crippen LogP contribution in [0.3, 0.4) is 0 Å².